The van der Waals surface area contributed by atoms with Gasteiger partial charge in [-0.05, 0) is 18.2 Å². The topological polar surface area (TPSA) is 62.8 Å². The Morgan fingerprint density at radius 2 is 2.21 bits per heavy atom. The number of hydrogen-bond donors (Lipinski definition) is 2. The smallest absolute Gasteiger partial charge is 0.150 e. The van der Waals surface area contributed by atoms with Crippen LogP contribution in [-0.2, 0) is 0 Å². The van der Waals surface area contributed by atoms with Crippen molar-refractivity contribution in [3.8, 4) is 0 Å². The summed E-state index contributed by atoms with van der Waals surface area (Å²) in [5.41, 5.74) is 5.95. The number of halogens is 1. The van der Waals surface area contributed by atoms with Crippen molar-refractivity contribution in [1.29, 1.82) is 5.41 Å². The zero-order valence-electron chi connectivity index (χ0n) is 7.29. The molecule has 1 aromatic carbocycles. The number of hydrogen-bond acceptors (Lipinski definition) is 2. The van der Waals surface area contributed by atoms with Crippen LogP contribution in [0.25, 0.3) is 10.9 Å². The minimum Gasteiger partial charge on any atom is -0.384 e. The molecule has 1 heterocycles. The van der Waals surface area contributed by atoms with Gasteiger partial charge in [-0.2, -0.15) is 0 Å². The van der Waals surface area contributed by atoms with Crippen LogP contribution in [0.4, 0.5) is 4.39 Å². The van der Waals surface area contributed by atoms with Gasteiger partial charge in [0.25, 0.3) is 0 Å². The van der Waals surface area contributed by atoms with Gasteiger partial charge in [-0.3, -0.25) is 10.4 Å². The highest BCUT2D eigenvalue weighted by Crippen LogP contribution is 2.17. The number of rotatable bonds is 1. The van der Waals surface area contributed by atoms with E-state index in [1.165, 1.54) is 12.3 Å². The van der Waals surface area contributed by atoms with Gasteiger partial charge in [0.2, 0.25) is 0 Å². The zero-order chi connectivity index (χ0) is 10.1. The molecule has 0 bridgehead atoms. The van der Waals surface area contributed by atoms with Gasteiger partial charge < -0.3 is 5.73 Å². The lowest BCUT2D eigenvalue weighted by molar-refractivity contribution is 0.636. The molecule has 0 saturated heterocycles. The Labute approximate surface area is 79.9 Å². The van der Waals surface area contributed by atoms with E-state index in [1.54, 1.807) is 18.2 Å². The molecular weight excluding hydrogens is 181 g/mol. The fourth-order valence-electron chi connectivity index (χ4n) is 1.30. The van der Waals surface area contributed by atoms with E-state index in [2.05, 4.69) is 4.98 Å². The fraction of sp³-hybridized carbons (Fsp3) is 0. The quantitative estimate of drug-likeness (QED) is 0.529. The summed E-state index contributed by atoms with van der Waals surface area (Å²) < 4.78 is 13.4. The van der Waals surface area contributed by atoms with Crippen molar-refractivity contribution in [2.45, 2.75) is 0 Å². The first-order chi connectivity index (χ1) is 6.68. The SMILES string of the molecule is N=C(N)c1cc(F)c2ncccc2c1. The number of pyridine rings is 1. The van der Waals surface area contributed by atoms with Crippen molar-refractivity contribution in [2.24, 2.45) is 5.73 Å². The third-order valence-electron chi connectivity index (χ3n) is 1.97. The number of aromatic nitrogens is 1. The summed E-state index contributed by atoms with van der Waals surface area (Å²) in [5.74, 6) is -0.594. The molecule has 2 aromatic rings. The van der Waals surface area contributed by atoms with Gasteiger partial charge in [0.05, 0.1) is 0 Å². The number of nitrogen functional groups attached to an aromatic ring is 1. The maximum atomic E-state index is 13.4. The van der Waals surface area contributed by atoms with Gasteiger partial charge in [0.1, 0.15) is 17.2 Å². The Morgan fingerprint density at radius 1 is 1.43 bits per heavy atom. The van der Waals surface area contributed by atoms with E-state index < -0.39 is 5.82 Å². The summed E-state index contributed by atoms with van der Waals surface area (Å²) in [6, 6.07) is 6.31. The molecule has 3 N–H and O–H groups in total. The third-order valence-corrected chi connectivity index (χ3v) is 1.97. The number of nitrogens with one attached hydrogen (secondary N) is 1. The van der Waals surface area contributed by atoms with Gasteiger partial charge in [-0.1, -0.05) is 6.07 Å². The van der Waals surface area contributed by atoms with E-state index >= 15 is 0 Å². The first kappa shape index (κ1) is 8.62. The molecular formula is C10H8FN3. The normalized spacial score (nSPS) is 10.4. The van der Waals surface area contributed by atoms with Crippen molar-refractivity contribution in [1.82, 2.24) is 4.98 Å². The number of nitrogens with zero attached hydrogens (tertiary/aromatic N) is 1. The molecule has 14 heavy (non-hydrogen) atoms. The maximum absolute atomic E-state index is 13.4. The molecule has 0 saturated carbocycles. The van der Waals surface area contributed by atoms with Crippen LogP contribution in [0, 0.1) is 11.2 Å². The molecule has 1 aromatic heterocycles. The van der Waals surface area contributed by atoms with Crippen LogP contribution >= 0.6 is 0 Å². The lowest BCUT2D eigenvalue weighted by atomic mass is 10.1. The van der Waals surface area contributed by atoms with Crippen LogP contribution in [0.2, 0.25) is 0 Å². The highest BCUT2D eigenvalue weighted by atomic mass is 19.1. The molecule has 4 heteroatoms. The second kappa shape index (κ2) is 3.06. The highest BCUT2D eigenvalue weighted by Gasteiger charge is 2.05. The molecule has 0 aliphatic carbocycles. The summed E-state index contributed by atoms with van der Waals surface area (Å²) in [6.45, 7) is 0. The summed E-state index contributed by atoms with van der Waals surface area (Å²) in [6.07, 6.45) is 1.53. The minimum atomic E-state index is -0.451. The number of nitrogens with two attached hydrogens (primary N) is 1. The van der Waals surface area contributed by atoms with Crippen LogP contribution in [0.5, 0.6) is 0 Å². The van der Waals surface area contributed by atoms with Gasteiger partial charge >= 0.3 is 0 Å². The minimum absolute atomic E-state index is 0.144. The third kappa shape index (κ3) is 1.31. The first-order valence-electron chi connectivity index (χ1n) is 4.07. The molecule has 0 radical (unpaired) electrons. The Bertz CT molecular complexity index is 508. The molecule has 0 atom stereocenters. The van der Waals surface area contributed by atoms with Gasteiger partial charge in [-0.15, -0.1) is 0 Å². The molecule has 0 amide bonds. The fourth-order valence-corrected chi connectivity index (χ4v) is 1.30. The zero-order valence-corrected chi connectivity index (χ0v) is 7.29. The summed E-state index contributed by atoms with van der Waals surface area (Å²) in [5, 5.41) is 7.85. The van der Waals surface area contributed by atoms with Crippen molar-refractivity contribution in [2.75, 3.05) is 0 Å². The van der Waals surface area contributed by atoms with Crippen LogP contribution in [-0.4, -0.2) is 10.8 Å². The van der Waals surface area contributed by atoms with Crippen molar-refractivity contribution in [3.63, 3.8) is 0 Å². The van der Waals surface area contributed by atoms with E-state index in [9.17, 15) is 4.39 Å². The molecule has 70 valence electrons. The van der Waals surface area contributed by atoms with Crippen molar-refractivity contribution in [3.05, 3.63) is 41.8 Å². The molecule has 0 unspecified atom stereocenters. The van der Waals surface area contributed by atoms with Crippen LogP contribution in [0.1, 0.15) is 5.56 Å². The van der Waals surface area contributed by atoms with Gasteiger partial charge in [0.15, 0.2) is 0 Å². The average Bonchev–Trinajstić information content (AvgIpc) is 2.17. The van der Waals surface area contributed by atoms with E-state index in [0.717, 1.165) is 0 Å². The summed E-state index contributed by atoms with van der Waals surface area (Å²) in [4.78, 5) is 3.89. The van der Waals surface area contributed by atoms with E-state index in [1.807, 2.05) is 0 Å². The van der Waals surface area contributed by atoms with Crippen molar-refractivity contribution < 1.29 is 4.39 Å². The number of benzene rings is 1. The maximum Gasteiger partial charge on any atom is 0.150 e. The van der Waals surface area contributed by atoms with Crippen LogP contribution in [0.3, 0.4) is 0 Å². The average molecular weight is 189 g/mol. The monoisotopic (exact) mass is 189 g/mol. The van der Waals surface area contributed by atoms with Gasteiger partial charge in [-0.25, -0.2) is 4.39 Å². The molecule has 2 rings (SSSR count). The van der Waals surface area contributed by atoms with E-state index in [4.69, 9.17) is 11.1 Å². The summed E-state index contributed by atoms with van der Waals surface area (Å²) >= 11 is 0. The predicted octanol–water partition coefficient (Wildman–Crippen LogP) is 1.66. The Hall–Kier alpha value is -1.97. The molecule has 0 aliphatic heterocycles. The predicted molar refractivity (Wildman–Crippen MR) is 52.7 cm³/mol. The van der Waals surface area contributed by atoms with Crippen molar-refractivity contribution >= 4 is 16.7 Å². The second-order valence-electron chi connectivity index (χ2n) is 2.95. The standard InChI is InChI=1S/C10H8FN3/c11-8-5-7(10(12)13)4-6-2-1-3-14-9(6)8/h1-5H,(H3,12,13). The Balaban J connectivity index is 2.78. The second-order valence-corrected chi connectivity index (χ2v) is 2.95. The van der Waals surface area contributed by atoms with Gasteiger partial charge in [0, 0.05) is 17.1 Å². The highest BCUT2D eigenvalue weighted by molar-refractivity contribution is 5.98. The Morgan fingerprint density at radius 3 is 2.93 bits per heavy atom. The molecule has 3 nitrogen and oxygen atoms in total. The van der Waals surface area contributed by atoms with Crippen LogP contribution in [0.15, 0.2) is 30.5 Å². The summed E-state index contributed by atoms with van der Waals surface area (Å²) in [7, 11) is 0. The van der Waals surface area contributed by atoms with E-state index in [-0.39, 0.29) is 5.84 Å². The molecule has 0 spiro atoms. The molecule has 0 fully saturated rings. The largest absolute Gasteiger partial charge is 0.384 e. The van der Waals surface area contributed by atoms with E-state index in [0.29, 0.717) is 16.5 Å². The number of fused-ring (bicyclic) bond motifs is 1. The first-order valence-corrected chi connectivity index (χ1v) is 4.07. The Kier molecular flexibility index (Phi) is 1.89. The number of amidine groups is 1. The lowest BCUT2D eigenvalue weighted by Crippen LogP contribution is -2.11. The molecule has 0 aliphatic rings. The van der Waals surface area contributed by atoms with Crippen LogP contribution < -0.4 is 5.73 Å². The lowest BCUT2D eigenvalue weighted by Gasteiger charge is -2.02.